The van der Waals surface area contributed by atoms with Gasteiger partial charge in [-0.25, -0.2) is 20.0 Å². The Bertz CT molecular complexity index is 1170. The van der Waals surface area contributed by atoms with Crippen LogP contribution in [0.25, 0.3) is 11.2 Å². The van der Waals surface area contributed by atoms with Gasteiger partial charge in [-0.3, -0.25) is 9.36 Å². The second kappa shape index (κ2) is 10.5. The maximum atomic E-state index is 13.7. The lowest BCUT2D eigenvalue weighted by Gasteiger charge is -2.28. The zero-order valence-electron chi connectivity index (χ0n) is 19.2. The van der Waals surface area contributed by atoms with E-state index >= 15 is 0 Å². The van der Waals surface area contributed by atoms with E-state index in [4.69, 9.17) is 19.7 Å². The predicted molar refractivity (Wildman–Crippen MR) is 126 cm³/mol. The summed E-state index contributed by atoms with van der Waals surface area (Å²) in [5.41, 5.74) is 6.93. The maximum Gasteiger partial charge on any atom is 0.342 e. The van der Waals surface area contributed by atoms with Gasteiger partial charge in [-0.2, -0.15) is 0 Å². The van der Waals surface area contributed by atoms with Crippen LogP contribution in [0.4, 0.5) is 5.82 Å². The lowest BCUT2D eigenvalue weighted by atomic mass is 9.96. The highest BCUT2D eigenvalue weighted by molar-refractivity contribution is 7.57. The first-order valence-corrected chi connectivity index (χ1v) is 13.0. The number of carbonyl (C=O) groups is 1. The number of imidazole rings is 1. The van der Waals surface area contributed by atoms with Crippen molar-refractivity contribution in [1.82, 2.24) is 24.6 Å². The van der Waals surface area contributed by atoms with Gasteiger partial charge in [0, 0.05) is 0 Å². The molecule has 2 aromatic heterocycles. The molecule has 0 saturated heterocycles. The number of benzene rings is 1. The van der Waals surface area contributed by atoms with Crippen LogP contribution in [-0.2, 0) is 25.4 Å². The Labute approximate surface area is 197 Å². The summed E-state index contributed by atoms with van der Waals surface area (Å²) in [5.74, 6) is 0.240. The van der Waals surface area contributed by atoms with Crippen LogP contribution < -0.4 is 15.3 Å². The molecule has 11 nitrogen and oxygen atoms in total. The second-order valence-corrected chi connectivity index (χ2v) is 10.4. The maximum absolute atomic E-state index is 13.7. The van der Waals surface area contributed by atoms with Crippen molar-refractivity contribution in [3.8, 4) is 5.75 Å². The van der Waals surface area contributed by atoms with Crippen molar-refractivity contribution in [1.29, 1.82) is 0 Å². The topological polar surface area (TPSA) is 143 Å². The highest BCUT2D eigenvalue weighted by atomic mass is 31.2. The van der Waals surface area contributed by atoms with Crippen molar-refractivity contribution in [2.75, 3.05) is 12.1 Å². The molecule has 0 bridgehead atoms. The van der Waals surface area contributed by atoms with E-state index in [0.717, 1.165) is 19.3 Å². The quantitative estimate of drug-likeness (QED) is 0.305. The number of hydrogen-bond donors (Lipinski definition) is 2. The number of rotatable bonds is 11. The van der Waals surface area contributed by atoms with Gasteiger partial charge < -0.3 is 24.3 Å². The van der Waals surface area contributed by atoms with Crippen molar-refractivity contribution >= 4 is 30.5 Å². The van der Waals surface area contributed by atoms with Gasteiger partial charge in [0.1, 0.15) is 36.1 Å². The standard InChI is InChI=1S/C22H29N6O5P/c1-15(11-28-13-26-19-20(23)24-12-25-21(19)28)31-14-34(30,33-18-7-4-3-5-8-18)27-16(2)22(29)32-17-9-6-10-17/h3-5,7-8,12-13,15-17H,6,9-11,14H2,1-2H3,(H,27,30)(H2,23,24,25)/t15-,16?,34+/m1/s1. The van der Waals surface area contributed by atoms with E-state index in [1.54, 1.807) is 42.1 Å². The predicted octanol–water partition coefficient (Wildman–Crippen LogP) is 3.12. The van der Waals surface area contributed by atoms with Crippen LogP contribution in [0.5, 0.6) is 5.75 Å². The van der Waals surface area contributed by atoms with Crippen molar-refractivity contribution < 1.29 is 23.4 Å². The number of esters is 1. The Hall–Kier alpha value is -3.01. The summed E-state index contributed by atoms with van der Waals surface area (Å²) in [7, 11) is -3.63. The fourth-order valence-corrected chi connectivity index (χ4v) is 5.22. The van der Waals surface area contributed by atoms with E-state index in [-0.39, 0.29) is 18.6 Å². The Morgan fingerprint density at radius 1 is 1.24 bits per heavy atom. The largest absolute Gasteiger partial charge is 0.461 e. The molecular formula is C22H29N6O5P. The van der Waals surface area contributed by atoms with Gasteiger partial charge >= 0.3 is 13.5 Å². The van der Waals surface area contributed by atoms with E-state index in [2.05, 4.69) is 20.0 Å². The van der Waals surface area contributed by atoms with Gasteiger partial charge in [-0.05, 0) is 45.2 Å². The average molecular weight is 488 g/mol. The fourth-order valence-electron chi connectivity index (χ4n) is 3.43. The molecule has 0 spiro atoms. The van der Waals surface area contributed by atoms with E-state index in [1.165, 1.54) is 6.33 Å². The monoisotopic (exact) mass is 488 g/mol. The summed E-state index contributed by atoms with van der Waals surface area (Å²) in [6.07, 6.45) is 5.04. The number of aromatic nitrogens is 4. The van der Waals surface area contributed by atoms with Crippen LogP contribution in [0.15, 0.2) is 43.0 Å². The van der Waals surface area contributed by atoms with Crippen molar-refractivity contribution in [2.45, 2.75) is 57.9 Å². The number of nitrogens with two attached hydrogens (primary N) is 1. The van der Waals surface area contributed by atoms with Crippen LogP contribution in [0.3, 0.4) is 0 Å². The Kier molecular flexibility index (Phi) is 7.45. The molecule has 1 fully saturated rings. The third kappa shape index (κ3) is 5.91. The third-order valence-electron chi connectivity index (χ3n) is 5.49. The molecule has 1 unspecified atom stereocenters. The zero-order chi connectivity index (χ0) is 24.1. The minimum atomic E-state index is -3.63. The number of para-hydroxylation sites is 1. The van der Waals surface area contributed by atoms with Gasteiger partial charge in [0.15, 0.2) is 11.5 Å². The summed E-state index contributed by atoms with van der Waals surface area (Å²) in [4.78, 5) is 24.8. The van der Waals surface area contributed by atoms with Crippen LogP contribution >= 0.6 is 7.52 Å². The molecule has 182 valence electrons. The van der Waals surface area contributed by atoms with Gasteiger partial charge in [-0.15, -0.1) is 0 Å². The van der Waals surface area contributed by atoms with Crippen LogP contribution in [0.2, 0.25) is 0 Å². The number of anilines is 1. The van der Waals surface area contributed by atoms with E-state index in [9.17, 15) is 9.36 Å². The van der Waals surface area contributed by atoms with Crippen molar-refractivity contribution in [3.63, 3.8) is 0 Å². The molecule has 34 heavy (non-hydrogen) atoms. The van der Waals surface area contributed by atoms with Crippen molar-refractivity contribution in [3.05, 3.63) is 43.0 Å². The summed E-state index contributed by atoms with van der Waals surface area (Å²) >= 11 is 0. The Balaban J connectivity index is 1.42. The Morgan fingerprint density at radius 3 is 2.71 bits per heavy atom. The molecule has 1 aromatic carbocycles. The van der Waals surface area contributed by atoms with E-state index in [0.29, 0.717) is 29.3 Å². The molecule has 1 saturated carbocycles. The highest BCUT2D eigenvalue weighted by Gasteiger charge is 2.33. The van der Waals surface area contributed by atoms with Crippen LogP contribution in [0, 0.1) is 0 Å². The van der Waals surface area contributed by atoms with Crippen LogP contribution in [0.1, 0.15) is 33.1 Å². The number of fused-ring (bicyclic) bond motifs is 1. The number of nitrogens with zero attached hydrogens (tertiary/aromatic N) is 4. The minimum absolute atomic E-state index is 0.0645. The molecule has 2 heterocycles. The molecule has 0 amide bonds. The molecule has 3 aromatic rings. The summed E-state index contributed by atoms with van der Waals surface area (Å²) in [5, 5.41) is 2.82. The molecule has 12 heteroatoms. The fraction of sp³-hybridized carbons (Fsp3) is 0.455. The molecule has 0 aliphatic heterocycles. The molecule has 0 radical (unpaired) electrons. The second-order valence-electron chi connectivity index (χ2n) is 8.35. The zero-order valence-corrected chi connectivity index (χ0v) is 20.1. The highest BCUT2D eigenvalue weighted by Crippen LogP contribution is 2.44. The molecular weight excluding hydrogens is 459 g/mol. The molecule has 4 rings (SSSR count). The van der Waals surface area contributed by atoms with Gasteiger partial charge in [-0.1, -0.05) is 18.2 Å². The molecule has 3 atom stereocenters. The first-order valence-electron chi connectivity index (χ1n) is 11.2. The number of hydrogen-bond acceptors (Lipinski definition) is 9. The molecule has 3 N–H and O–H groups in total. The lowest BCUT2D eigenvalue weighted by molar-refractivity contribution is -0.154. The number of nitrogen functional groups attached to an aromatic ring is 1. The number of nitrogens with one attached hydrogen (secondary N) is 1. The van der Waals surface area contributed by atoms with Crippen molar-refractivity contribution in [2.24, 2.45) is 0 Å². The SMILES string of the molecule is CC(N[P@](=O)(CO[C@H](C)Cn1cnc2c(N)ncnc21)Oc1ccccc1)C(=O)OC1CCC1. The Morgan fingerprint density at radius 2 is 2.00 bits per heavy atom. The third-order valence-corrected chi connectivity index (χ3v) is 7.26. The van der Waals surface area contributed by atoms with Gasteiger partial charge in [0.2, 0.25) is 0 Å². The first kappa shape index (κ1) is 24.1. The van der Waals surface area contributed by atoms with Crippen LogP contribution in [-0.4, -0.2) is 50.1 Å². The first-order chi connectivity index (χ1) is 16.3. The molecule has 1 aliphatic rings. The molecule has 1 aliphatic carbocycles. The normalized spacial score (nSPS) is 17.5. The van der Waals surface area contributed by atoms with Gasteiger partial charge in [0.05, 0.1) is 19.0 Å². The van der Waals surface area contributed by atoms with Gasteiger partial charge in [0.25, 0.3) is 0 Å². The number of ether oxygens (including phenoxy) is 2. The average Bonchev–Trinajstić information content (AvgIpc) is 3.19. The summed E-state index contributed by atoms with van der Waals surface area (Å²) < 4.78 is 32.6. The van der Waals surface area contributed by atoms with E-state index < -0.39 is 19.5 Å². The minimum Gasteiger partial charge on any atom is -0.461 e. The number of carbonyl (C=O) groups excluding carboxylic acids is 1. The summed E-state index contributed by atoms with van der Waals surface area (Å²) in [6.45, 7) is 3.82. The lowest BCUT2D eigenvalue weighted by Crippen LogP contribution is -2.39. The smallest absolute Gasteiger partial charge is 0.342 e. The summed E-state index contributed by atoms with van der Waals surface area (Å²) in [6, 6.07) is 7.93. The van der Waals surface area contributed by atoms with E-state index in [1.807, 2.05) is 13.0 Å².